The van der Waals surface area contributed by atoms with Crippen LogP contribution >= 0.6 is 0 Å². The maximum absolute atomic E-state index is 13.5. The quantitative estimate of drug-likeness (QED) is 0.364. The van der Waals surface area contributed by atoms with E-state index in [0.29, 0.717) is 0 Å². The van der Waals surface area contributed by atoms with Crippen molar-refractivity contribution >= 4 is 32.5 Å². The molecule has 1 aliphatic carbocycles. The number of hydrogen-bond donors (Lipinski definition) is 1. The topological polar surface area (TPSA) is 92.8 Å². The number of hydrogen-bond acceptors (Lipinski definition) is 6. The number of likely N-dealkylation sites (tertiary alicyclic amines) is 1. The molecule has 0 unspecified atom stereocenters. The molecule has 1 fully saturated rings. The summed E-state index contributed by atoms with van der Waals surface area (Å²) in [5, 5.41) is 3.32. The van der Waals surface area contributed by atoms with Gasteiger partial charge in [0, 0.05) is 13.0 Å². The molecule has 2 aliphatic rings. The second kappa shape index (κ2) is 12.5. The Morgan fingerprint density at radius 3 is 2.52 bits per heavy atom. The smallest absolute Gasteiger partial charge is 0.324 e. The Hall–Kier alpha value is -3.23. The van der Waals surface area contributed by atoms with Crippen LogP contribution in [0.1, 0.15) is 67.7 Å². The van der Waals surface area contributed by atoms with Crippen molar-refractivity contribution in [3.63, 3.8) is 0 Å². The van der Waals surface area contributed by atoms with Crippen LogP contribution in [0.5, 0.6) is 0 Å². The van der Waals surface area contributed by atoms with Gasteiger partial charge in [-0.15, -0.1) is 0 Å². The second-order valence-corrected chi connectivity index (χ2v) is 13.1. The van der Waals surface area contributed by atoms with E-state index >= 15 is 0 Å². The number of carbonyl (C=O) groups is 2. The van der Waals surface area contributed by atoms with Crippen molar-refractivity contribution in [1.82, 2.24) is 10.2 Å². The summed E-state index contributed by atoms with van der Waals surface area (Å²) < 4.78 is 31.8. The lowest BCUT2D eigenvalue weighted by molar-refractivity contribution is -0.140. The Morgan fingerprint density at radius 1 is 0.975 bits per heavy atom. The molecule has 1 amide bonds. The summed E-state index contributed by atoms with van der Waals surface area (Å²) >= 11 is 0. The van der Waals surface area contributed by atoms with E-state index in [0.717, 1.165) is 55.2 Å². The molecule has 40 heavy (non-hydrogen) atoms. The molecule has 212 valence electrons. The number of methoxy groups -OCH3 is 1. The van der Waals surface area contributed by atoms with Gasteiger partial charge in [0.1, 0.15) is 0 Å². The fourth-order valence-corrected chi connectivity index (χ4v) is 7.72. The highest BCUT2D eigenvalue weighted by Crippen LogP contribution is 2.31. The van der Waals surface area contributed by atoms with Gasteiger partial charge in [-0.1, -0.05) is 55.0 Å². The third-order valence-electron chi connectivity index (χ3n) is 8.23. The van der Waals surface area contributed by atoms with Crippen LogP contribution in [0.2, 0.25) is 0 Å². The first kappa shape index (κ1) is 28.3. The number of sulfone groups is 1. The summed E-state index contributed by atoms with van der Waals surface area (Å²) in [5.74, 6) is -1.12. The van der Waals surface area contributed by atoms with Gasteiger partial charge in [0.05, 0.1) is 18.0 Å². The molecule has 1 heterocycles. The average molecular weight is 563 g/mol. The van der Waals surface area contributed by atoms with Gasteiger partial charge in [0.2, 0.25) is 5.91 Å². The minimum atomic E-state index is -4.06. The Morgan fingerprint density at radius 2 is 1.75 bits per heavy atom. The SMILES string of the molecule is COC(=O)[C@H](CCC(=O)N[C@@H]1CCCc2cc(CN3CCCCC3)ccc21)S(=O)(=O)c1ccc2ccccc2c1. The third kappa shape index (κ3) is 6.39. The van der Waals surface area contributed by atoms with Gasteiger partial charge in [-0.3, -0.25) is 14.5 Å². The van der Waals surface area contributed by atoms with Crippen LogP contribution in [-0.4, -0.2) is 50.6 Å². The lowest BCUT2D eigenvalue weighted by Crippen LogP contribution is -2.35. The summed E-state index contributed by atoms with van der Waals surface area (Å²) in [5.41, 5.74) is 3.72. The van der Waals surface area contributed by atoms with E-state index in [1.54, 1.807) is 12.1 Å². The van der Waals surface area contributed by atoms with Crippen LogP contribution in [0.15, 0.2) is 65.6 Å². The molecule has 2 atom stereocenters. The Balaban J connectivity index is 1.25. The van der Waals surface area contributed by atoms with Crippen molar-refractivity contribution in [3.8, 4) is 0 Å². The lowest BCUT2D eigenvalue weighted by atomic mass is 9.86. The fourth-order valence-electron chi connectivity index (χ4n) is 6.06. The number of nitrogens with zero attached hydrogens (tertiary/aromatic N) is 1. The number of aryl methyl sites for hydroxylation is 1. The molecule has 0 bridgehead atoms. The number of fused-ring (bicyclic) bond motifs is 2. The van der Waals surface area contributed by atoms with Crippen molar-refractivity contribution in [2.24, 2.45) is 0 Å². The van der Waals surface area contributed by atoms with Crippen LogP contribution < -0.4 is 5.32 Å². The summed E-state index contributed by atoms with van der Waals surface area (Å²) in [4.78, 5) is 28.2. The number of benzene rings is 3. The molecule has 8 heteroatoms. The molecule has 0 saturated carbocycles. The summed E-state index contributed by atoms with van der Waals surface area (Å²) in [6.45, 7) is 3.27. The van der Waals surface area contributed by atoms with E-state index in [1.807, 2.05) is 24.3 Å². The molecular weight excluding hydrogens is 524 g/mol. The average Bonchev–Trinajstić information content (AvgIpc) is 2.97. The normalized spacial score (nSPS) is 18.6. The number of amides is 1. The number of esters is 1. The van der Waals surface area contributed by atoms with E-state index in [-0.39, 0.29) is 29.7 Å². The minimum Gasteiger partial charge on any atom is -0.468 e. The van der Waals surface area contributed by atoms with Crippen molar-refractivity contribution < 1.29 is 22.7 Å². The van der Waals surface area contributed by atoms with Gasteiger partial charge in [-0.05, 0) is 91.2 Å². The molecule has 1 aliphatic heterocycles. The van der Waals surface area contributed by atoms with Gasteiger partial charge in [0.25, 0.3) is 0 Å². The monoisotopic (exact) mass is 562 g/mol. The van der Waals surface area contributed by atoms with Gasteiger partial charge >= 0.3 is 5.97 Å². The summed E-state index contributed by atoms with van der Waals surface area (Å²) in [6, 6.07) is 18.7. The highest BCUT2D eigenvalue weighted by atomic mass is 32.2. The molecule has 5 rings (SSSR count). The number of rotatable bonds is 9. The molecule has 3 aromatic rings. The maximum Gasteiger partial charge on any atom is 0.324 e. The number of carbonyl (C=O) groups excluding carboxylic acids is 2. The fraction of sp³-hybridized carbons (Fsp3) is 0.438. The number of ether oxygens (including phenoxy) is 1. The van der Waals surface area contributed by atoms with E-state index in [2.05, 4.69) is 28.4 Å². The van der Waals surface area contributed by atoms with Crippen LogP contribution in [0.25, 0.3) is 10.8 Å². The van der Waals surface area contributed by atoms with Gasteiger partial charge < -0.3 is 10.1 Å². The largest absolute Gasteiger partial charge is 0.468 e. The standard InChI is InChI=1S/C32H38N2O5S/c1-39-32(36)30(40(37,38)27-14-13-24-8-3-4-9-25(24)21-27)16-17-31(35)33-29-11-7-10-26-20-23(12-15-28(26)29)22-34-18-5-2-6-19-34/h3-4,8-9,12-15,20-21,29-30H,2,5-7,10-11,16-19,22H2,1H3,(H,33,35)/t29-,30+/m1/s1. The molecule has 3 aromatic carbocycles. The van der Waals surface area contributed by atoms with Crippen LogP contribution in [0, 0.1) is 0 Å². The number of nitrogens with one attached hydrogen (secondary N) is 1. The first-order chi connectivity index (χ1) is 19.3. The van der Waals surface area contributed by atoms with Crippen LogP contribution in [0.4, 0.5) is 0 Å². The molecule has 1 saturated heterocycles. The van der Waals surface area contributed by atoms with Crippen molar-refractivity contribution in [1.29, 1.82) is 0 Å². The lowest BCUT2D eigenvalue weighted by Gasteiger charge is -2.29. The zero-order valence-corrected chi connectivity index (χ0v) is 23.9. The maximum atomic E-state index is 13.5. The molecule has 0 radical (unpaired) electrons. The predicted octanol–water partition coefficient (Wildman–Crippen LogP) is 5.12. The zero-order chi connectivity index (χ0) is 28.1. The third-order valence-corrected chi connectivity index (χ3v) is 10.3. The van der Waals surface area contributed by atoms with Gasteiger partial charge in [-0.2, -0.15) is 0 Å². The predicted molar refractivity (Wildman–Crippen MR) is 156 cm³/mol. The summed E-state index contributed by atoms with van der Waals surface area (Å²) in [6.07, 6.45) is 6.40. The van der Waals surface area contributed by atoms with E-state index in [4.69, 9.17) is 4.74 Å². The molecule has 1 N–H and O–H groups in total. The Bertz CT molecular complexity index is 1480. The Kier molecular flexibility index (Phi) is 8.86. The molecule has 0 aromatic heterocycles. The minimum absolute atomic E-state index is 0.0450. The molecule has 0 spiro atoms. The first-order valence-electron chi connectivity index (χ1n) is 14.3. The van der Waals surface area contributed by atoms with Gasteiger partial charge in [-0.25, -0.2) is 8.42 Å². The van der Waals surface area contributed by atoms with Crippen molar-refractivity contribution in [2.75, 3.05) is 20.2 Å². The van der Waals surface area contributed by atoms with E-state index in [1.165, 1.54) is 43.6 Å². The van der Waals surface area contributed by atoms with Crippen molar-refractivity contribution in [3.05, 3.63) is 77.4 Å². The van der Waals surface area contributed by atoms with Gasteiger partial charge in [0.15, 0.2) is 15.1 Å². The highest BCUT2D eigenvalue weighted by Gasteiger charge is 2.35. The molecular formula is C32H38N2O5S. The van der Waals surface area contributed by atoms with E-state index < -0.39 is 21.1 Å². The summed E-state index contributed by atoms with van der Waals surface area (Å²) in [7, 11) is -2.89. The second-order valence-electron chi connectivity index (χ2n) is 11.0. The molecule has 7 nitrogen and oxygen atoms in total. The van der Waals surface area contributed by atoms with Crippen LogP contribution in [-0.2, 0) is 37.1 Å². The zero-order valence-electron chi connectivity index (χ0n) is 23.1. The van der Waals surface area contributed by atoms with E-state index in [9.17, 15) is 18.0 Å². The Labute approximate surface area is 236 Å². The van der Waals surface area contributed by atoms with Crippen LogP contribution in [0.3, 0.4) is 0 Å². The number of piperidine rings is 1. The first-order valence-corrected chi connectivity index (χ1v) is 15.8. The highest BCUT2D eigenvalue weighted by molar-refractivity contribution is 7.92. The van der Waals surface area contributed by atoms with Crippen molar-refractivity contribution in [2.45, 2.75) is 74.1 Å².